The van der Waals surface area contributed by atoms with Gasteiger partial charge in [-0.3, -0.25) is 9.59 Å². The molecule has 2 amide bonds. The lowest BCUT2D eigenvalue weighted by atomic mass is 10.0. The molecule has 2 aromatic carbocycles. The molecule has 1 N–H and O–H groups in total. The fourth-order valence-electron chi connectivity index (χ4n) is 3.05. The van der Waals surface area contributed by atoms with Crippen LogP contribution in [0.5, 0.6) is 0 Å². The minimum atomic E-state index is -0.661. The van der Waals surface area contributed by atoms with Crippen molar-refractivity contribution >= 4 is 35.0 Å². The van der Waals surface area contributed by atoms with Crippen molar-refractivity contribution in [3.8, 4) is 0 Å². The molecule has 2 atom stereocenters. The summed E-state index contributed by atoms with van der Waals surface area (Å²) in [4.78, 5) is 27.7. The Morgan fingerprint density at radius 2 is 1.62 bits per heavy atom. The molecular weight excluding hydrogens is 407 g/mol. The van der Waals surface area contributed by atoms with Crippen LogP contribution in [0.1, 0.15) is 44.7 Å². The molecule has 4 nitrogen and oxygen atoms in total. The number of carbonyl (C=O) groups excluding carboxylic acids is 2. The van der Waals surface area contributed by atoms with E-state index >= 15 is 0 Å². The van der Waals surface area contributed by atoms with Crippen molar-refractivity contribution < 1.29 is 9.59 Å². The summed E-state index contributed by atoms with van der Waals surface area (Å²) in [6.45, 7) is 5.93. The zero-order chi connectivity index (χ0) is 21.4. The fourth-order valence-corrected chi connectivity index (χ4v) is 3.57. The highest BCUT2D eigenvalue weighted by Crippen LogP contribution is 2.27. The van der Waals surface area contributed by atoms with E-state index in [2.05, 4.69) is 5.32 Å². The van der Waals surface area contributed by atoms with Crippen LogP contribution in [0.4, 0.5) is 0 Å². The lowest BCUT2D eigenvalue weighted by Crippen LogP contribution is -2.52. The van der Waals surface area contributed by atoms with E-state index in [0.717, 1.165) is 12.0 Å². The van der Waals surface area contributed by atoms with Gasteiger partial charge < -0.3 is 10.2 Å². The predicted molar refractivity (Wildman–Crippen MR) is 119 cm³/mol. The molecule has 0 aliphatic heterocycles. The van der Waals surface area contributed by atoms with Crippen LogP contribution in [0, 0.1) is 0 Å². The van der Waals surface area contributed by atoms with Crippen molar-refractivity contribution in [3.05, 3.63) is 69.7 Å². The van der Waals surface area contributed by atoms with Crippen molar-refractivity contribution in [3.63, 3.8) is 0 Å². The van der Waals surface area contributed by atoms with E-state index in [1.807, 2.05) is 44.2 Å². The molecule has 0 aromatic heterocycles. The fraction of sp³-hybridized carbons (Fsp3) is 0.391. The highest BCUT2D eigenvalue weighted by atomic mass is 35.5. The minimum absolute atomic E-state index is 0.0169. The second kappa shape index (κ2) is 11.2. The lowest BCUT2D eigenvalue weighted by Gasteiger charge is -2.32. The van der Waals surface area contributed by atoms with Gasteiger partial charge in [-0.15, -0.1) is 0 Å². The lowest BCUT2D eigenvalue weighted by molar-refractivity contribution is -0.141. The van der Waals surface area contributed by atoms with Crippen LogP contribution in [0.2, 0.25) is 10.0 Å². The zero-order valence-corrected chi connectivity index (χ0v) is 18.6. The molecule has 2 rings (SSSR count). The average molecular weight is 435 g/mol. The molecule has 0 bridgehead atoms. The van der Waals surface area contributed by atoms with E-state index in [1.165, 1.54) is 0 Å². The Hall–Kier alpha value is -2.04. The quantitative estimate of drug-likeness (QED) is 0.584. The van der Waals surface area contributed by atoms with Crippen molar-refractivity contribution in [2.24, 2.45) is 0 Å². The average Bonchev–Trinajstić information content (AvgIpc) is 2.72. The molecule has 0 aliphatic rings. The highest BCUT2D eigenvalue weighted by molar-refractivity contribution is 6.36. The number of halogens is 2. The van der Waals surface area contributed by atoms with Gasteiger partial charge in [0, 0.05) is 41.0 Å². The summed E-state index contributed by atoms with van der Waals surface area (Å²) in [5.74, 6) is -0.297. The Morgan fingerprint density at radius 3 is 2.17 bits per heavy atom. The van der Waals surface area contributed by atoms with E-state index in [1.54, 1.807) is 30.0 Å². The molecule has 0 saturated carbocycles. The standard InChI is InChI=1S/C23H28Cl2N2O2/c1-4-16(3)26-23(29)21(14-17-10-7-6-8-11-17)27(22(28)5-2)15-18-19(24)12-9-13-20(18)25/h6-13,16,21H,4-5,14-15H2,1-3H3,(H,26,29)/t16-,21+/m1/s1. The third kappa shape index (κ3) is 6.48. The number of nitrogens with zero attached hydrogens (tertiary/aromatic N) is 1. The number of nitrogens with one attached hydrogen (secondary N) is 1. The van der Waals surface area contributed by atoms with Gasteiger partial charge in [0.2, 0.25) is 11.8 Å². The molecule has 0 unspecified atom stereocenters. The first-order valence-electron chi connectivity index (χ1n) is 9.94. The third-order valence-electron chi connectivity index (χ3n) is 4.96. The molecule has 0 fully saturated rings. The normalized spacial score (nSPS) is 12.9. The van der Waals surface area contributed by atoms with Crippen molar-refractivity contribution in [2.45, 2.75) is 58.7 Å². The number of benzene rings is 2. The van der Waals surface area contributed by atoms with Gasteiger partial charge in [-0.1, -0.05) is 73.4 Å². The van der Waals surface area contributed by atoms with E-state index in [9.17, 15) is 9.59 Å². The zero-order valence-electron chi connectivity index (χ0n) is 17.1. The van der Waals surface area contributed by atoms with Gasteiger partial charge in [-0.2, -0.15) is 0 Å². The van der Waals surface area contributed by atoms with Gasteiger partial charge in [-0.05, 0) is 31.0 Å². The molecule has 0 radical (unpaired) electrons. The Morgan fingerprint density at radius 1 is 1.00 bits per heavy atom. The number of rotatable bonds is 9. The Balaban J connectivity index is 2.42. The first-order chi connectivity index (χ1) is 13.9. The van der Waals surface area contributed by atoms with E-state index in [0.29, 0.717) is 22.0 Å². The maximum absolute atomic E-state index is 13.2. The van der Waals surface area contributed by atoms with Crippen LogP contribution in [-0.4, -0.2) is 28.8 Å². The molecule has 0 aliphatic carbocycles. The second-order valence-corrected chi connectivity index (χ2v) is 7.91. The summed E-state index contributed by atoms with van der Waals surface area (Å²) in [6, 6.07) is 14.3. The molecule has 2 aromatic rings. The Labute approximate surface area is 183 Å². The summed E-state index contributed by atoms with van der Waals surface area (Å²) < 4.78 is 0. The molecular formula is C23H28Cl2N2O2. The molecule has 0 heterocycles. The maximum atomic E-state index is 13.2. The van der Waals surface area contributed by atoms with Crippen LogP contribution < -0.4 is 5.32 Å². The monoisotopic (exact) mass is 434 g/mol. The van der Waals surface area contributed by atoms with Gasteiger partial charge in [0.05, 0.1) is 0 Å². The summed E-state index contributed by atoms with van der Waals surface area (Å²) >= 11 is 12.7. The molecule has 0 saturated heterocycles. The van der Waals surface area contributed by atoms with E-state index in [-0.39, 0.29) is 30.8 Å². The summed E-state index contributed by atoms with van der Waals surface area (Å²) in [6.07, 6.45) is 1.50. The van der Waals surface area contributed by atoms with Gasteiger partial charge >= 0.3 is 0 Å². The molecule has 156 valence electrons. The maximum Gasteiger partial charge on any atom is 0.243 e. The van der Waals surface area contributed by atoms with Crippen LogP contribution in [0.25, 0.3) is 0 Å². The Bertz CT molecular complexity index is 807. The smallest absolute Gasteiger partial charge is 0.243 e. The summed E-state index contributed by atoms with van der Waals surface area (Å²) in [5.41, 5.74) is 1.63. The van der Waals surface area contributed by atoms with Gasteiger partial charge in [-0.25, -0.2) is 0 Å². The first-order valence-corrected chi connectivity index (χ1v) is 10.7. The minimum Gasteiger partial charge on any atom is -0.352 e. The molecule has 0 spiro atoms. The van der Waals surface area contributed by atoms with Crippen molar-refractivity contribution in [2.75, 3.05) is 0 Å². The number of hydrogen-bond donors (Lipinski definition) is 1. The topological polar surface area (TPSA) is 49.4 Å². The second-order valence-electron chi connectivity index (χ2n) is 7.10. The SMILES string of the molecule is CCC(=O)N(Cc1c(Cl)cccc1Cl)[C@@H](Cc1ccccc1)C(=O)N[C@H](C)CC. The van der Waals surface area contributed by atoms with Crippen LogP contribution in [0.3, 0.4) is 0 Å². The number of carbonyl (C=O) groups is 2. The van der Waals surface area contributed by atoms with Gasteiger partial charge in [0.1, 0.15) is 6.04 Å². The highest BCUT2D eigenvalue weighted by Gasteiger charge is 2.31. The summed E-state index contributed by atoms with van der Waals surface area (Å²) in [7, 11) is 0. The molecule has 6 heteroatoms. The van der Waals surface area contributed by atoms with Crippen LogP contribution in [-0.2, 0) is 22.6 Å². The van der Waals surface area contributed by atoms with Gasteiger partial charge in [0.25, 0.3) is 0 Å². The van der Waals surface area contributed by atoms with Crippen molar-refractivity contribution in [1.29, 1.82) is 0 Å². The van der Waals surface area contributed by atoms with Crippen molar-refractivity contribution in [1.82, 2.24) is 10.2 Å². The largest absolute Gasteiger partial charge is 0.352 e. The Kier molecular flexibility index (Phi) is 8.99. The van der Waals surface area contributed by atoms with Gasteiger partial charge in [0.15, 0.2) is 0 Å². The first kappa shape index (κ1) is 23.2. The van der Waals surface area contributed by atoms with E-state index < -0.39 is 6.04 Å². The van der Waals surface area contributed by atoms with Crippen LogP contribution >= 0.6 is 23.2 Å². The molecule has 29 heavy (non-hydrogen) atoms. The van der Waals surface area contributed by atoms with E-state index in [4.69, 9.17) is 23.2 Å². The number of hydrogen-bond acceptors (Lipinski definition) is 2. The predicted octanol–water partition coefficient (Wildman–Crippen LogP) is 5.26. The van der Waals surface area contributed by atoms with Crippen LogP contribution in [0.15, 0.2) is 48.5 Å². The summed E-state index contributed by atoms with van der Waals surface area (Å²) in [5, 5.41) is 3.98. The number of amides is 2. The third-order valence-corrected chi connectivity index (χ3v) is 5.67.